The number of hydrogen-bond donors (Lipinski definition) is 1. The quantitative estimate of drug-likeness (QED) is 0.418. The number of aryl methyl sites for hydroxylation is 1. The van der Waals surface area contributed by atoms with Crippen molar-refractivity contribution in [3.05, 3.63) is 62.5 Å². The summed E-state index contributed by atoms with van der Waals surface area (Å²) in [7, 11) is 0. The van der Waals surface area contributed by atoms with E-state index in [4.69, 9.17) is 11.6 Å². The third kappa shape index (κ3) is 3.34. The van der Waals surface area contributed by atoms with Gasteiger partial charge < -0.3 is 5.32 Å². The Hall–Kier alpha value is -2.58. The highest BCUT2D eigenvalue weighted by molar-refractivity contribution is 7.13. The van der Waals surface area contributed by atoms with Crippen LogP contribution in [-0.4, -0.2) is 19.9 Å². The molecule has 0 amide bonds. The van der Waals surface area contributed by atoms with E-state index < -0.39 is 4.92 Å². The first-order valence-electron chi connectivity index (χ1n) is 6.95. The Balaban J connectivity index is 1.79. The van der Waals surface area contributed by atoms with Gasteiger partial charge in [-0.05, 0) is 12.5 Å². The Morgan fingerprint density at radius 3 is 2.88 bits per heavy atom. The molecule has 0 fully saturated rings. The summed E-state index contributed by atoms with van der Waals surface area (Å²) in [5.74, 6) is 0.0745. The maximum Gasteiger partial charge on any atom is 0.348 e. The number of benzene rings is 1. The first-order valence-corrected chi connectivity index (χ1v) is 8.21. The molecule has 3 rings (SSSR count). The molecule has 1 N–H and O–H groups in total. The predicted octanol–water partition coefficient (Wildman–Crippen LogP) is 4.08. The third-order valence-electron chi connectivity index (χ3n) is 3.32. The van der Waals surface area contributed by atoms with Crippen molar-refractivity contribution in [1.82, 2.24) is 15.0 Å². The van der Waals surface area contributed by atoms with Crippen LogP contribution in [0.2, 0.25) is 5.15 Å². The molecule has 0 bridgehead atoms. The van der Waals surface area contributed by atoms with Gasteiger partial charge in [-0.15, -0.1) is 11.3 Å². The maximum absolute atomic E-state index is 11.1. The molecule has 0 saturated heterocycles. The van der Waals surface area contributed by atoms with Crippen molar-refractivity contribution in [1.29, 1.82) is 0 Å². The van der Waals surface area contributed by atoms with Gasteiger partial charge in [-0.25, -0.2) is 15.0 Å². The fourth-order valence-corrected chi connectivity index (χ4v) is 3.26. The summed E-state index contributed by atoms with van der Waals surface area (Å²) in [6, 6.07) is 7.99. The minimum absolute atomic E-state index is 0.0745. The Morgan fingerprint density at radius 2 is 2.12 bits per heavy atom. The molecule has 0 aliphatic rings. The minimum atomic E-state index is -0.607. The van der Waals surface area contributed by atoms with Crippen molar-refractivity contribution < 1.29 is 4.92 Å². The zero-order chi connectivity index (χ0) is 17.1. The van der Waals surface area contributed by atoms with Gasteiger partial charge in [0.25, 0.3) is 0 Å². The van der Waals surface area contributed by atoms with Gasteiger partial charge in [-0.2, -0.15) is 0 Å². The van der Waals surface area contributed by atoms with E-state index in [2.05, 4.69) is 20.3 Å². The van der Waals surface area contributed by atoms with Crippen LogP contribution in [0.25, 0.3) is 10.6 Å². The lowest BCUT2D eigenvalue weighted by Gasteiger charge is -2.04. The minimum Gasteiger partial charge on any atom is -0.359 e. The van der Waals surface area contributed by atoms with E-state index in [1.54, 1.807) is 0 Å². The molecule has 7 nitrogen and oxygen atoms in total. The molecule has 0 aliphatic heterocycles. The van der Waals surface area contributed by atoms with Crippen molar-refractivity contribution in [2.24, 2.45) is 0 Å². The van der Waals surface area contributed by atoms with E-state index in [1.807, 2.05) is 36.6 Å². The summed E-state index contributed by atoms with van der Waals surface area (Å²) >= 11 is 7.28. The second kappa shape index (κ2) is 6.90. The summed E-state index contributed by atoms with van der Waals surface area (Å²) in [5, 5.41) is 16.6. The molecule has 9 heteroatoms. The van der Waals surface area contributed by atoms with Gasteiger partial charge in [0.1, 0.15) is 11.3 Å². The predicted molar refractivity (Wildman–Crippen MR) is 93.3 cm³/mol. The molecule has 24 heavy (non-hydrogen) atoms. The fraction of sp³-hybridized carbons (Fsp3) is 0.133. The highest BCUT2D eigenvalue weighted by Crippen LogP contribution is 2.30. The van der Waals surface area contributed by atoms with Gasteiger partial charge in [0.15, 0.2) is 0 Å². The number of aromatic nitrogens is 3. The molecule has 2 aromatic heterocycles. The Morgan fingerprint density at radius 1 is 1.33 bits per heavy atom. The second-order valence-corrected chi connectivity index (χ2v) is 6.15. The van der Waals surface area contributed by atoms with Gasteiger partial charge in [-0.3, -0.25) is 10.1 Å². The number of halogens is 1. The van der Waals surface area contributed by atoms with Gasteiger partial charge in [-0.1, -0.05) is 35.9 Å². The van der Waals surface area contributed by atoms with E-state index in [-0.39, 0.29) is 16.7 Å². The zero-order valence-electron chi connectivity index (χ0n) is 12.6. The number of hydrogen-bond acceptors (Lipinski definition) is 7. The van der Waals surface area contributed by atoms with Crippen LogP contribution in [-0.2, 0) is 6.54 Å². The number of nitro groups is 1. The number of nitrogens with one attached hydrogen (secondary N) is 1. The standard InChI is InChI=1S/C15H12ClN5O2S/c1-9-4-2-3-5-11(9)15-20-10(7-24-15)6-17-14-12(21(22)23)13(16)18-8-19-14/h2-5,7-8H,6H2,1H3,(H,17,18,19). The highest BCUT2D eigenvalue weighted by Gasteiger charge is 2.21. The van der Waals surface area contributed by atoms with Crippen LogP contribution in [0.4, 0.5) is 11.5 Å². The second-order valence-electron chi connectivity index (χ2n) is 4.93. The average Bonchev–Trinajstić information content (AvgIpc) is 3.01. The Labute approximate surface area is 146 Å². The fourth-order valence-electron chi connectivity index (χ4n) is 2.15. The molecule has 0 unspecified atom stereocenters. The van der Waals surface area contributed by atoms with Crippen LogP contribution in [0.15, 0.2) is 36.0 Å². The monoisotopic (exact) mass is 361 g/mol. The van der Waals surface area contributed by atoms with Crippen molar-refractivity contribution >= 4 is 34.4 Å². The van der Waals surface area contributed by atoms with E-state index in [0.29, 0.717) is 6.54 Å². The molecule has 1 aromatic carbocycles. The van der Waals surface area contributed by atoms with Crippen LogP contribution >= 0.6 is 22.9 Å². The van der Waals surface area contributed by atoms with Crippen LogP contribution in [0.3, 0.4) is 0 Å². The number of anilines is 1. The summed E-state index contributed by atoms with van der Waals surface area (Å²) in [6.45, 7) is 2.33. The smallest absolute Gasteiger partial charge is 0.348 e. The highest BCUT2D eigenvalue weighted by atomic mass is 35.5. The van der Waals surface area contributed by atoms with Crippen molar-refractivity contribution in [2.75, 3.05) is 5.32 Å². The molecule has 0 aliphatic carbocycles. The lowest BCUT2D eigenvalue weighted by Crippen LogP contribution is -2.06. The lowest BCUT2D eigenvalue weighted by molar-refractivity contribution is -0.384. The summed E-state index contributed by atoms with van der Waals surface area (Å²) in [5.41, 5.74) is 2.64. The molecule has 0 spiro atoms. The first-order chi connectivity index (χ1) is 11.6. The SMILES string of the molecule is Cc1ccccc1-c1nc(CNc2ncnc(Cl)c2[N+](=O)[O-])cs1. The van der Waals surface area contributed by atoms with Gasteiger partial charge >= 0.3 is 5.69 Å². The van der Waals surface area contributed by atoms with Crippen LogP contribution < -0.4 is 5.32 Å². The molecular formula is C15H12ClN5O2S. The Kier molecular flexibility index (Phi) is 4.68. The molecule has 0 radical (unpaired) electrons. The summed E-state index contributed by atoms with van der Waals surface area (Å²) < 4.78 is 0. The number of thiazole rings is 1. The van der Waals surface area contributed by atoms with E-state index in [9.17, 15) is 10.1 Å². The van der Waals surface area contributed by atoms with Crippen LogP contribution in [0.5, 0.6) is 0 Å². The Bertz CT molecular complexity index is 899. The molecule has 122 valence electrons. The molecular weight excluding hydrogens is 350 g/mol. The number of rotatable bonds is 5. The molecule has 0 saturated carbocycles. The molecule has 3 aromatic rings. The van der Waals surface area contributed by atoms with Crippen molar-refractivity contribution in [3.8, 4) is 10.6 Å². The van der Waals surface area contributed by atoms with E-state index in [1.165, 1.54) is 17.7 Å². The van der Waals surface area contributed by atoms with Crippen molar-refractivity contribution in [2.45, 2.75) is 13.5 Å². The average molecular weight is 362 g/mol. The van der Waals surface area contributed by atoms with Gasteiger partial charge in [0, 0.05) is 10.9 Å². The third-order valence-corrected chi connectivity index (χ3v) is 4.53. The molecule has 2 heterocycles. The lowest BCUT2D eigenvalue weighted by atomic mass is 10.1. The van der Waals surface area contributed by atoms with Crippen LogP contribution in [0, 0.1) is 17.0 Å². The first kappa shape index (κ1) is 16.3. The summed E-state index contributed by atoms with van der Waals surface area (Å²) in [6.07, 6.45) is 1.18. The number of nitrogens with zero attached hydrogens (tertiary/aromatic N) is 4. The maximum atomic E-state index is 11.1. The van der Waals surface area contributed by atoms with Gasteiger partial charge in [0.05, 0.1) is 17.2 Å². The molecule has 0 atom stereocenters. The normalized spacial score (nSPS) is 10.6. The topological polar surface area (TPSA) is 93.8 Å². The van der Waals surface area contributed by atoms with Crippen LogP contribution in [0.1, 0.15) is 11.3 Å². The summed E-state index contributed by atoms with van der Waals surface area (Å²) in [4.78, 5) is 22.5. The largest absolute Gasteiger partial charge is 0.359 e. The van der Waals surface area contributed by atoms with Crippen molar-refractivity contribution in [3.63, 3.8) is 0 Å². The van der Waals surface area contributed by atoms with Gasteiger partial charge in [0.2, 0.25) is 11.0 Å². The van der Waals surface area contributed by atoms with E-state index in [0.717, 1.165) is 21.8 Å². The van der Waals surface area contributed by atoms with E-state index >= 15 is 0 Å². The zero-order valence-corrected chi connectivity index (χ0v) is 14.1.